The first-order valence-electron chi connectivity index (χ1n) is 13.7. The molecule has 4 aliphatic carbocycles. The van der Waals surface area contributed by atoms with Gasteiger partial charge in [0.05, 0.1) is 16.4 Å². The van der Waals surface area contributed by atoms with Crippen LogP contribution in [-0.2, 0) is 23.9 Å². The zero-order chi connectivity index (χ0) is 27.9. The second-order valence-electron chi connectivity index (χ2n) is 12.7. The van der Waals surface area contributed by atoms with E-state index in [0.717, 1.165) is 11.1 Å². The van der Waals surface area contributed by atoms with Crippen LogP contribution < -0.4 is 0 Å². The van der Waals surface area contributed by atoms with E-state index >= 15 is 0 Å². The van der Waals surface area contributed by atoms with Crippen LogP contribution in [-0.4, -0.2) is 62.6 Å². The topological polar surface area (TPSA) is 130 Å². The molecule has 0 bridgehead atoms. The number of aliphatic hydroxyl groups is 3. The van der Waals surface area contributed by atoms with Gasteiger partial charge in [-0.2, -0.15) is 0 Å². The average molecular weight is 529 g/mol. The van der Waals surface area contributed by atoms with Gasteiger partial charge in [0, 0.05) is 18.9 Å². The second-order valence-corrected chi connectivity index (χ2v) is 12.7. The Bertz CT molecular complexity index is 1180. The number of esters is 2. The number of rotatable bonds is 4. The maximum Gasteiger partial charge on any atom is 0.334 e. The molecule has 0 aromatic carbocycles. The molecule has 2 fully saturated rings. The Morgan fingerprint density at radius 2 is 1.89 bits per heavy atom. The molecule has 8 nitrogen and oxygen atoms in total. The summed E-state index contributed by atoms with van der Waals surface area (Å²) in [6.45, 7) is 7.88. The fourth-order valence-electron chi connectivity index (χ4n) is 8.70. The van der Waals surface area contributed by atoms with Gasteiger partial charge >= 0.3 is 11.9 Å². The summed E-state index contributed by atoms with van der Waals surface area (Å²) >= 11 is 0. The molecule has 0 spiro atoms. The molecule has 0 amide bonds. The van der Waals surface area contributed by atoms with Gasteiger partial charge in [-0.15, -0.1) is 0 Å². The molecular formula is C30H40O8. The Kier molecular flexibility index (Phi) is 6.18. The van der Waals surface area contributed by atoms with Gasteiger partial charge in [-0.05, 0) is 84.1 Å². The minimum absolute atomic E-state index is 0.0211. The Hall–Kier alpha value is -2.29. The molecule has 1 unspecified atom stereocenters. The molecule has 1 aliphatic heterocycles. The molecule has 0 saturated heterocycles. The summed E-state index contributed by atoms with van der Waals surface area (Å²) in [5.41, 5.74) is -5.29. The van der Waals surface area contributed by atoms with Crippen molar-refractivity contribution < 1.29 is 39.2 Å². The highest BCUT2D eigenvalue weighted by Crippen LogP contribution is 2.70. The Balaban J connectivity index is 1.60. The molecule has 1 heterocycles. The molecule has 0 aromatic heterocycles. The fraction of sp³-hybridized carbons (Fsp3) is 0.700. The Morgan fingerprint density at radius 3 is 2.55 bits per heavy atom. The molecule has 208 valence electrons. The summed E-state index contributed by atoms with van der Waals surface area (Å²) in [4.78, 5) is 37.9. The maximum absolute atomic E-state index is 13.3. The lowest BCUT2D eigenvalue weighted by atomic mass is 9.44. The summed E-state index contributed by atoms with van der Waals surface area (Å²) in [6.07, 6.45) is 6.90. The van der Waals surface area contributed by atoms with E-state index < -0.39 is 51.6 Å². The quantitative estimate of drug-likeness (QED) is 0.375. The first-order chi connectivity index (χ1) is 17.7. The van der Waals surface area contributed by atoms with Crippen LogP contribution in [0.1, 0.15) is 79.6 Å². The monoisotopic (exact) mass is 528 g/mol. The maximum atomic E-state index is 13.3. The number of carbonyl (C=O) groups excluding carboxylic acids is 3. The van der Waals surface area contributed by atoms with Gasteiger partial charge in [0.1, 0.15) is 23.9 Å². The fourth-order valence-corrected chi connectivity index (χ4v) is 8.70. The molecule has 5 rings (SSSR count). The molecule has 2 saturated carbocycles. The van der Waals surface area contributed by atoms with Gasteiger partial charge in [-0.3, -0.25) is 9.59 Å². The molecule has 0 radical (unpaired) electrons. The lowest BCUT2D eigenvalue weighted by Crippen LogP contribution is -2.74. The molecule has 5 aliphatic rings. The van der Waals surface area contributed by atoms with Gasteiger partial charge in [-0.1, -0.05) is 23.3 Å². The SMILES string of the molecule is CC(=O)OC[C@]12CC[C@H]3[C@@H](CC=C4CC=CC(=O)[C@@]43C)[C@]1(O)CC[C@@]2(O)[C@@](C)(O)C1CC(C)=C(C)C(=O)O1. The third-order valence-corrected chi connectivity index (χ3v) is 11.3. The van der Waals surface area contributed by atoms with Gasteiger partial charge < -0.3 is 24.8 Å². The van der Waals surface area contributed by atoms with Crippen LogP contribution in [0.2, 0.25) is 0 Å². The normalized spacial score (nSPS) is 43.9. The standard InChI is InChI=1S/C30H40O8/c1-17-15-24(38-25(33)18(17)2)27(5,34)30(36)14-13-29(35)22-10-9-20-7-6-8-23(32)26(20,4)21(22)11-12-28(29,30)16-37-19(3)31/h6,8-9,21-22,24,34-36H,7,10-16H2,1-5H3/t21-,22+,24?,26-,27-,28+,29+,30+/m0/s1. The largest absolute Gasteiger partial charge is 0.465 e. The highest BCUT2D eigenvalue weighted by atomic mass is 16.6. The number of ketones is 1. The zero-order valence-corrected chi connectivity index (χ0v) is 23.0. The van der Waals surface area contributed by atoms with Crippen molar-refractivity contribution in [2.45, 2.75) is 102 Å². The van der Waals surface area contributed by atoms with Crippen molar-refractivity contribution in [1.82, 2.24) is 0 Å². The lowest BCUT2D eigenvalue weighted by molar-refractivity contribution is -0.294. The molecule has 8 heteroatoms. The average Bonchev–Trinajstić information content (AvgIpc) is 3.10. The van der Waals surface area contributed by atoms with Crippen molar-refractivity contribution in [1.29, 1.82) is 0 Å². The summed E-state index contributed by atoms with van der Waals surface area (Å²) in [5.74, 6) is -1.63. The highest BCUT2D eigenvalue weighted by Gasteiger charge is 2.78. The van der Waals surface area contributed by atoms with E-state index in [0.29, 0.717) is 24.8 Å². The van der Waals surface area contributed by atoms with Gasteiger partial charge in [0.2, 0.25) is 0 Å². The number of fused-ring (bicyclic) bond motifs is 5. The Labute approximate surface area is 223 Å². The molecule has 38 heavy (non-hydrogen) atoms. The smallest absolute Gasteiger partial charge is 0.334 e. The Morgan fingerprint density at radius 1 is 1.18 bits per heavy atom. The van der Waals surface area contributed by atoms with E-state index in [1.54, 1.807) is 19.9 Å². The first kappa shape index (κ1) is 27.3. The van der Waals surface area contributed by atoms with Crippen molar-refractivity contribution in [3.63, 3.8) is 0 Å². The molecule has 0 aromatic rings. The zero-order valence-electron chi connectivity index (χ0n) is 23.0. The summed E-state index contributed by atoms with van der Waals surface area (Å²) < 4.78 is 11.2. The molecule has 8 atom stereocenters. The van der Waals surface area contributed by atoms with E-state index in [9.17, 15) is 29.7 Å². The molecular weight excluding hydrogens is 488 g/mol. The second kappa shape index (κ2) is 8.60. The van der Waals surface area contributed by atoms with Gasteiger partial charge in [-0.25, -0.2) is 4.79 Å². The van der Waals surface area contributed by atoms with E-state index in [-0.39, 0.29) is 44.0 Å². The number of allylic oxidation sites excluding steroid dienone is 4. The van der Waals surface area contributed by atoms with Crippen LogP contribution in [0, 0.1) is 22.7 Å². The summed E-state index contributed by atoms with van der Waals surface area (Å²) in [6, 6.07) is 0. The van der Waals surface area contributed by atoms with Crippen LogP contribution in [0.4, 0.5) is 0 Å². The predicted octanol–water partition coefficient (Wildman–Crippen LogP) is 3.09. The number of hydrogen-bond acceptors (Lipinski definition) is 8. The number of hydrogen-bond donors (Lipinski definition) is 3. The third kappa shape index (κ3) is 3.29. The molecule has 3 N–H and O–H groups in total. The lowest BCUT2D eigenvalue weighted by Gasteiger charge is -2.63. The highest BCUT2D eigenvalue weighted by molar-refractivity contribution is 5.98. The van der Waals surface area contributed by atoms with Gasteiger partial charge in [0.15, 0.2) is 5.78 Å². The van der Waals surface area contributed by atoms with Crippen LogP contribution in [0.5, 0.6) is 0 Å². The van der Waals surface area contributed by atoms with Gasteiger partial charge in [0.25, 0.3) is 0 Å². The van der Waals surface area contributed by atoms with Crippen LogP contribution in [0.25, 0.3) is 0 Å². The van der Waals surface area contributed by atoms with Crippen molar-refractivity contribution in [3.05, 3.63) is 34.9 Å². The summed E-state index contributed by atoms with van der Waals surface area (Å²) in [7, 11) is 0. The third-order valence-electron chi connectivity index (χ3n) is 11.3. The van der Waals surface area contributed by atoms with Crippen molar-refractivity contribution >= 4 is 17.7 Å². The van der Waals surface area contributed by atoms with E-state index in [1.165, 1.54) is 13.8 Å². The van der Waals surface area contributed by atoms with E-state index in [4.69, 9.17) is 9.47 Å². The van der Waals surface area contributed by atoms with Crippen molar-refractivity contribution in [3.8, 4) is 0 Å². The number of carbonyl (C=O) groups is 3. The van der Waals surface area contributed by atoms with Crippen molar-refractivity contribution in [2.75, 3.05) is 6.61 Å². The van der Waals surface area contributed by atoms with Crippen LogP contribution >= 0.6 is 0 Å². The first-order valence-corrected chi connectivity index (χ1v) is 13.7. The summed E-state index contributed by atoms with van der Waals surface area (Å²) in [5, 5.41) is 37.3. The van der Waals surface area contributed by atoms with E-state index in [1.807, 2.05) is 13.0 Å². The minimum atomic E-state index is -1.95. The minimum Gasteiger partial charge on any atom is -0.465 e. The number of cyclic esters (lactones) is 1. The number of ether oxygens (including phenoxy) is 2. The predicted molar refractivity (Wildman–Crippen MR) is 137 cm³/mol. The van der Waals surface area contributed by atoms with Crippen LogP contribution in [0.15, 0.2) is 34.9 Å². The van der Waals surface area contributed by atoms with Crippen molar-refractivity contribution in [2.24, 2.45) is 22.7 Å². The van der Waals surface area contributed by atoms with Crippen LogP contribution in [0.3, 0.4) is 0 Å². The van der Waals surface area contributed by atoms with E-state index in [2.05, 4.69) is 6.08 Å².